The SMILES string of the molecule is CCCC(O)CNc1ccc(C(=O)NCC)nn1. The molecule has 0 aliphatic heterocycles. The van der Waals surface area contributed by atoms with Gasteiger partial charge < -0.3 is 15.7 Å². The lowest BCUT2D eigenvalue weighted by molar-refractivity contribution is 0.0950. The Balaban J connectivity index is 2.47. The van der Waals surface area contributed by atoms with Crippen molar-refractivity contribution in [3.8, 4) is 0 Å². The van der Waals surface area contributed by atoms with Gasteiger partial charge in [-0.3, -0.25) is 4.79 Å². The Morgan fingerprint density at radius 1 is 1.39 bits per heavy atom. The number of nitrogens with zero attached hydrogens (tertiary/aromatic N) is 2. The highest BCUT2D eigenvalue weighted by molar-refractivity contribution is 5.92. The molecule has 0 aliphatic carbocycles. The van der Waals surface area contributed by atoms with Crippen LogP contribution in [0.25, 0.3) is 0 Å². The van der Waals surface area contributed by atoms with Gasteiger partial charge in [0.15, 0.2) is 5.69 Å². The van der Waals surface area contributed by atoms with E-state index in [9.17, 15) is 9.90 Å². The minimum Gasteiger partial charge on any atom is -0.391 e. The van der Waals surface area contributed by atoms with Crippen LogP contribution >= 0.6 is 0 Å². The summed E-state index contributed by atoms with van der Waals surface area (Å²) in [6.45, 7) is 4.85. The van der Waals surface area contributed by atoms with Crippen LogP contribution in [0.5, 0.6) is 0 Å². The predicted octanol–water partition coefficient (Wildman–Crippen LogP) is 0.799. The standard InChI is InChI=1S/C12H20N4O2/c1-3-5-9(17)8-14-11-7-6-10(15-16-11)12(18)13-4-2/h6-7,9,17H,3-5,8H2,1-2H3,(H,13,18)(H,14,16). The van der Waals surface area contributed by atoms with Crippen molar-refractivity contribution in [2.75, 3.05) is 18.4 Å². The number of hydrogen-bond acceptors (Lipinski definition) is 5. The third kappa shape index (κ3) is 4.67. The van der Waals surface area contributed by atoms with Crippen LogP contribution in [0.3, 0.4) is 0 Å². The van der Waals surface area contributed by atoms with Crippen molar-refractivity contribution in [2.45, 2.75) is 32.8 Å². The first-order chi connectivity index (χ1) is 8.67. The van der Waals surface area contributed by atoms with Crippen LogP contribution in [0.4, 0.5) is 5.82 Å². The molecule has 6 nitrogen and oxygen atoms in total. The minimum absolute atomic E-state index is 0.234. The molecule has 1 aromatic heterocycles. The normalized spacial score (nSPS) is 11.9. The Kier molecular flexibility index (Phi) is 6.07. The van der Waals surface area contributed by atoms with E-state index >= 15 is 0 Å². The molecule has 0 fully saturated rings. The van der Waals surface area contributed by atoms with Crippen molar-refractivity contribution >= 4 is 11.7 Å². The van der Waals surface area contributed by atoms with Crippen molar-refractivity contribution in [1.29, 1.82) is 0 Å². The van der Waals surface area contributed by atoms with Gasteiger partial charge in [0.2, 0.25) is 0 Å². The topological polar surface area (TPSA) is 87.1 Å². The van der Waals surface area contributed by atoms with E-state index in [4.69, 9.17) is 0 Å². The van der Waals surface area contributed by atoms with Gasteiger partial charge >= 0.3 is 0 Å². The molecule has 0 saturated heterocycles. The highest BCUT2D eigenvalue weighted by atomic mass is 16.3. The highest BCUT2D eigenvalue weighted by Gasteiger charge is 2.07. The molecule has 0 aromatic carbocycles. The fourth-order valence-corrected chi connectivity index (χ4v) is 1.46. The van der Waals surface area contributed by atoms with Crippen LogP contribution in [0.2, 0.25) is 0 Å². The number of aliphatic hydroxyl groups excluding tert-OH is 1. The van der Waals surface area contributed by atoms with E-state index in [0.717, 1.165) is 12.8 Å². The van der Waals surface area contributed by atoms with Gasteiger partial charge in [-0.15, -0.1) is 10.2 Å². The summed E-state index contributed by atoms with van der Waals surface area (Å²) in [6, 6.07) is 3.28. The fourth-order valence-electron chi connectivity index (χ4n) is 1.46. The van der Waals surface area contributed by atoms with E-state index < -0.39 is 0 Å². The third-order valence-corrected chi connectivity index (χ3v) is 2.38. The number of hydrogen-bond donors (Lipinski definition) is 3. The Labute approximate surface area is 107 Å². The average molecular weight is 252 g/mol. The van der Waals surface area contributed by atoms with Gasteiger partial charge in [0.05, 0.1) is 6.10 Å². The first-order valence-electron chi connectivity index (χ1n) is 6.21. The maximum atomic E-state index is 11.4. The molecule has 0 radical (unpaired) electrons. The summed E-state index contributed by atoms with van der Waals surface area (Å²) in [5, 5.41) is 22.9. The Morgan fingerprint density at radius 2 is 2.17 bits per heavy atom. The van der Waals surface area contributed by atoms with E-state index in [0.29, 0.717) is 18.9 Å². The zero-order valence-electron chi connectivity index (χ0n) is 10.8. The lowest BCUT2D eigenvalue weighted by atomic mass is 10.2. The molecule has 1 atom stereocenters. The number of carbonyl (C=O) groups is 1. The number of amides is 1. The number of rotatable bonds is 7. The van der Waals surface area contributed by atoms with E-state index in [1.54, 1.807) is 12.1 Å². The van der Waals surface area contributed by atoms with E-state index in [2.05, 4.69) is 20.8 Å². The van der Waals surface area contributed by atoms with Gasteiger partial charge in [-0.2, -0.15) is 0 Å². The molecule has 3 N–H and O–H groups in total. The number of anilines is 1. The van der Waals surface area contributed by atoms with Crippen molar-refractivity contribution in [1.82, 2.24) is 15.5 Å². The van der Waals surface area contributed by atoms with E-state index in [-0.39, 0.29) is 17.7 Å². The lowest BCUT2D eigenvalue weighted by Crippen LogP contribution is -2.24. The van der Waals surface area contributed by atoms with Gasteiger partial charge in [0.1, 0.15) is 5.82 Å². The van der Waals surface area contributed by atoms with Crippen molar-refractivity contribution in [3.05, 3.63) is 17.8 Å². The molecule has 0 bridgehead atoms. The largest absolute Gasteiger partial charge is 0.391 e. The molecule has 0 aliphatic rings. The molecule has 1 unspecified atom stereocenters. The summed E-state index contributed by atoms with van der Waals surface area (Å²) < 4.78 is 0. The van der Waals surface area contributed by atoms with Gasteiger partial charge in [0, 0.05) is 13.1 Å². The summed E-state index contributed by atoms with van der Waals surface area (Å²) in [7, 11) is 0. The van der Waals surface area contributed by atoms with Gasteiger partial charge in [-0.05, 0) is 25.5 Å². The number of carbonyl (C=O) groups excluding carboxylic acids is 1. The second-order valence-corrected chi connectivity index (χ2v) is 3.99. The summed E-state index contributed by atoms with van der Waals surface area (Å²) in [5.74, 6) is 0.320. The molecule has 100 valence electrons. The van der Waals surface area contributed by atoms with Crippen LogP contribution in [0.1, 0.15) is 37.2 Å². The van der Waals surface area contributed by atoms with Crippen LogP contribution < -0.4 is 10.6 Å². The molecule has 1 heterocycles. The van der Waals surface area contributed by atoms with Gasteiger partial charge in [-0.25, -0.2) is 0 Å². The number of nitrogens with one attached hydrogen (secondary N) is 2. The summed E-state index contributed by atoms with van der Waals surface area (Å²) in [4.78, 5) is 11.4. The lowest BCUT2D eigenvalue weighted by Gasteiger charge is -2.10. The first kappa shape index (κ1) is 14.4. The third-order valence-electron chi connectivity index (χ3n) is 2.38. The molecule has 1 aromatic rings. The second-order valence-electron chi connectivity index (χ2n) is 3.99. The molecule has 6 heteroatoms. The van der Waals surface area contributed by atoms with E-state index in [1.807, 2.05) is 13.8 Å². The summed E-state index contributed by atoms with van der Waals surface area (Å²) in [5.41, 5.74) is 0.288. The zero-order valence-corrected chi connectivity index (χ0v) is 10.8. The van der Waals surface area contributed by atoms with Crippen LogP contribution in [-0.4, -0.2) is 40.4 Å². The molecule has 18 heavy (non-hydrogen) atoms. The maximum absolute atomic E-state index is 11.4. The Bertz CT molecular complexity index is 367. The molecular weight excluding hydrogens is 232 g/mol. The molecular formula is C12H20N4O2. The zero-order chi connectivity index (χ0) is 13.4. The molecule has 1 rings (SSSR count). The van der Waals surface area contributed by atoms with Crippen LogP contribution in [0, 0.1) is 0 Å². The predicted molar refractivity (Wildman–Crippen MR) is 69.4 cm³/mol. The molecule has 1 amide bonds. The van der Waals surface area contributed by atoms with Crippen molar-refractivity contribution in [3.63, 3.8) is 0 Å². The number of aromatic nitrogens is 2. The van der Waals surface area contributed by atoms with Crippen molar-refractivity contribution in [2.24, 2.45) is 0 Å². The number of aliphatic hydroxyl groups is 1. The smallest absolute Gasteiger partial charge is 0.271 e. The monoisotopic (exact) mass is 252 g/mol. The first-order valence-corrected chi connectivity index (χ1v) is 6.21. The Morgan fingerprint density at radius 3 is 2.72 bits per heavy atom. The summed E-state index contributed by atoms with van der Waals surface area (Å²) >= 11 is 0. The van der Waals surface area contributed by atoms with Crippen LogP contribution in [0.15, 0.2) is 12.1 Å². The Hall–Kier alpha value is -1.69. The van der Waals surface area contributed by atoms with Gasteiger partial charge in [-0.1, -0.05) is 13.3 Å². The quantitative estimate of drug-likeness (QED) is 0.668. The second kappa shape index (κ2) is 7.60. The average Bonchev–Trinajstić information content (AvgIpc) is 2.37. The van der Waals surface area contributed by atoms with Crippen molar-refractivity contribution < 1.29 is 9.90 Å². The maximum Gasteiger partial charge on any atom is 0.271 e. The molecule has 0 saturated carbocycles. The van der Waals surface area contributed by atoms with Crippen LogP contribution in [-0.2, 0) is 0 Å². The van der Waals surface area contributed by atoms with Gasteiger partial charge in [0.25, 0.3) is 5.91 Å². The fraction of sp³-hybridized carbons (Fsp3) is 0.583. The highest BCUT2D eigenvalue weighted by Crippen LogP contribution is 2.03. The summed E-state index contributed by atoms with van der Waals surface area (Å²) in [6.07, 6.45) is 1.29. The minimum atomic E-state index is -0.389. The molecule has 0 spiro atoms. The van der Waals surface area contributed by atoms with E-state index in [1.165, 1.54) is 0 Å².